The third-order valence-corrected chi connectivity index (χ3v) is 3.33. The fourth-order valence-electron chi connectivity index (χ4n) is 2.15. The van der Waals surface area contributed by atoms with Gasteiger partial charge in [0, 0.05) is 16.8 Å². The normalized spacial score (nSPS) is 11.4. The quantitative estimate of drug-likeness (QED) is 0.713. The first-order valence-corrected chi connectivity index (χ1v) is 6.79. The van der Waals surface area contributed by atoms with Crippen molar-refractivity contribution in [1.82, 2.24) is 9.97 Å². The zero-order valence-corrected chi connectivity index (χ0v) is 11.9. The van der Waals surface area contributed by atoms with Crippen molar-refractivity contribution in [3.8, 4) is 22.5 Å². The van der Waals surface area contributed by atoms with Crippen LogP contribution in [0.25, 0.3) is 22.5 Å². The van der Waals surface area contributed by atoms with Gasteiger partial charge in [-0.1, -0.05) is 24.3 Å². The molecule has 1 heterocycles. The number of hydrogen-bond donors (Lipinski definition) is 1. The fourth-order valence-corrected chi connectivity index (χ4v) is 2.15. The van der Waals surface area contributed by atoms with Crippen LogP contribution < -0.4 is 5.73 Å². The van der Waals surface area contributed by atoms with Gasteiger partial charge in [0.2, 0.25) is 0 Å². The molecule has 0 spiro atoms. The second kappa shape index (κ2) is 5.72. The topological polar surface area (TPSA) is 51.8 Å². The van der Waals surface area contributed by atoms with Crippen LogP contribution in [0.2, 0.25) is 0 Å². The Hall–Kier alpha value is -2.89. The van der Waals surface area contributed by atoms with Crippen LogP contribution in [0.15, 0.2) is 60.9 Å². The summed E-state index contributed by atoms with van der Waals surface area (Å²) in [7, 11) is 0. The van der Waals surface area contributed by atoms with Gasteiger partial charge in [0.05, 0.1) is 29.3 Å². The Morgan fingerprint density at radius 1 is 0.826 bits per heavy atom. The first-order valence-electron chi connectivity index (χ1n) is 6.79. The summed E-state index contributed by atoms with van der Waals surface area (Å²) >= 11 is 0. The lowest BCUT2D eigenvalue weighted by atomic mass is 10.1. The van der Waals surface area contributed by atoms with E-state index in [0.29, 0.717) is 22.6 Å². The summed E-state index contributed by atoms with van der Waals surface area (Å²) < 4.78 is 38.5. The molecule has 2 N–H and O–H groups in total. The van der Waals surface area contributed by atoms with E-state index in [2.05, 4.69) is 9.97 Å². The minimum atomic E-state index is -4.39. The van der Waals surface area contributed by atoms with Gasteiger partial charge in [0.15, 0.2) is 0 Å². The van der Waals surface area contributed by atoms with Crippen LogP contribution >= 0.6 is 0 Å². The summed E-state index contributed by atoms with van der Waals surface area (Å²) in [6.07, 6.45) is -1.39. The van der Waals surface area contributed by atoms with Crippen molar-refractivity contribution in [3.63, 3.8) is 0 Å². The molecular formula is C17H12F3N3. The summed E-state index contributed by atoms with van der Waals surface area (Å²) in [5.74, 6) is 0. The van der Waals surface area contributed by atoms with Gasteiger partial charge in [-0.3, -0.25) is 4.98 Å². The van der Waals surface area contributed by atoms with Crippen LogP contribution in [0.4, 0.5) is 18.9 Å². The van der Waals surface area contributed by atoms with Crippen LogP contribution in [0.5, 0.6) is 0 Å². The van der Waals surface area contributed by atoms with Crippen molar-refractivity contribution in [2.45, 2.75) is 6.18 Å². The Labute approximate surface area is 130 Å². The summed E-state index contributed by atoms with van der Waals surface area (Å²) in [6.45, 7) is 0. The van der Waals surface area contributed by atoms with Crippen LogP contribution in [0.3, 0.4) is 0 Å². The van der Waals surface area contributed by atoms with Crippen LogP contribution in [-0.4, -0.2) is 9.97 Å². The molecule has 23 heavy (non-hydrogen) atoms. The van der Waals surface area contributed by atoms with Gasteiger partial charge >= 0.3 is 6.18 Å². The predicted octanol–water partition coefficient (Wildman–Crippen LogP) is 4.41. The number of anilines is 1. The molecule has 3 nitrogen and oxygen atoms in total. The van der Waals surface area contributed by atoms with Crippen molar-refractivity contribution < 1.29 is 13.2 Å². The lowest BCUT2D eigenvalue weighted by molar-refractivity contribution is -0.137. The van der Waals surface area contributed by atoms with Gasteiger partial charge in [0.25, 0.3) is 0 Å². The monoisotopic (exact) mass is 315 g/mol. The maximum Gasteiger partial charge on any atom is 0.416 e. The van der Waals surface area contributed by atoms with Crippen molar-refractivity contribution >= 4 is 5.69 Å². The van der Waals surface area contributed by atoms with Crippen LogP contribution in [0, 0.1) is 0 Å². The molecule has 0 saturated carbocycles. The van der Waals surface area contributed by atoms with E-state index in [1.54, 1.807) is 36.5 Å². The molecule has 0 radical (unpaired) electrons. The summed E-state index contributed by atoms with van der Waals surface area (Å²) in [5.41, 5.74) is 7.66. The maximum absolute atomic E-state index is 12.8. The van der Waals surface area contributed by atoms with Crippen molar-refractivity contribution in [1.29, 1.82) is 0 Å². The Bertz CT molecular complexity index is 827. The summed E-state index contributed by atoms with van der Waals surface area (Å²) in [4.78, 5) is 8.47. The minimum absolute atomic E-state index is 0.365. The smallest absolute Gasteiger partial charge is 0.399 e. The van der Waals surface area contributed by atoms with E-state index in [1.165, 1.54) is 12.3 Å². The molecule has 0 aliphatic heterocycles. The number of aromatic nitrogens is 2. The third kappa shape index (κ3) is 3.31. The molecule has 2 aromatic carbocycles. The van der Waals surface area contributed by atoms with Crippen molar-refractivity contribution in [2.24, 2.45) is 0 Å². The van der Waals surface area contributed by atoms with E-state index < -0.39 is 11.7 Å². The highest BCUT2D eigenvalue weighted by Crippen LogP contribution is 2.32. The number of rotatable bonds is 2. The van der Waals surface area contributed by atoms with Gasteiger partial charge in [-0.2, -0.15) is 13.2 Å². The number of halogens is 3. The zero-order chi connectivity index (χ0) is 16.4. The average Bonchev–Trinajstić information content (AvgIpc) is 2.55. The van der Waals surface area contributed by atoms with Gasteiger partial charge in [0.1, 0.15) is 0 Å². The molecule has 0 bridgehead atoms. The number of nitrogens with zero attached hydrogens (tertiary/aromatic N) is 2. The number of nitrogen functional groups attached to an aromatic ring is 1. The Morgan fingerprint density at radius 3 is 2.13 bits per heavy atom. The van der Waals surface area contributed by atoms with E-state index in [4.69, 9.17) is 5.73 Å². The number of nitrogens with two attached hydrogens (primary N) is 1. The molecule has 0 aliphatic carbocycles. The third-order valence-electron chi connectivity index (χ3n) is 3.33. The molecule has 1 aromatic heterocycles. The molecule has 0 fully saturated rings. The number of hydrogen-bond acceptors (Lipinski definition) is 3. The van der Waals surface area contributed by atoms with E-state index in [0.717, 1.165) is 17.7 Å². The minimum Gasteiger partial charge on any atom is -0.399 e. The van der Waals surface area contributed by atoms with E-state index >= 15 is 0 Å². The molecule has 6 heteroatoms. The average molecular weight is 315 g/mol. The number of benzene rings is 2. The summed E-state index contributed by atoms with van der Waals surface area (Å²) in [6, 6.07) is 12.1. The van der Waals surface area contributed by atoms with Gasteiger partial charge < -0.3 is 5.73 Å². The second-order valence-electron chi connectivity index (χ2n) is 4.99. The standard InChI is InChI=1S/C17H12F3N3/c18-17(19,20)13-3-1-2-12(8-13)16-10-22-9-15(23-16)11-4-6-14(21)7-5-11/h1-10H,21H2. The Morgan fingerprint density at radius 2 is 1.48 bits per heavy atom. The van der Waals surface area contributed by atoms with Gasteiger partial charge in [-0.05, 0) is 24.3 Å². The second-order valence-corrected chi connectivity index (χ2v) is 4.99. The predicted molar refractivity (Wildman–Crippen MR) is 82.3 cm³/mol. The Balaban J connectivity index is 2.02. The molecule has 0 unspecified atom stereocenters. The van der Waals surface area contributed by atoms with E-state index in [-0.39, 0.29) is 0 Å². The highest BCUT2D eigenvalue weighted by atomic mass is 19.4. The Kier molecular flexibility index (Phi) is 3.73. The van der Waals surface area contributed by atoms with E-state index in [9.17, 15) is 13.2 Å². The molecule has 0 atom stereocenters. The fraction of sp³-hybridized carbons (Fsp3) is 0.0588. The molecular weight excluding hydrogens is 303 g/mol. The van der Waals surface area contributed by atoms with Crippen molar-refractivity contribution in [2.75, 3.05) is 5.73 Å². The highest BCUT2D eigenvalue weighted by molar-refractivity contribution is 5.66. The largest absolute Gasteiger partial charge is 0.416 e. The molecule has 0 aliphatic rings. The van der Waals surface area contributed by atoms with Crippen molar-refractivity contribution in [3.05, 3.63) is 66.5 Å². The van der Waals surface area contributed by atoms with E-state index in [1.807, 2.05) is 0 Å². The van der Waals surface area contributed by atoms with Crippen LogP contribution in [-0.2, 0) is 6.18 Å². The molecule has 0 saturated heterocycles. The maximum atomic E-state index is 12.8. The van der Waals surface area contributed by atoms with Gasteiger partial charge in [-0.25, -0.2) is 4.98 Å². The zero-order valence-electron chi connectivity index (χ0n) is 11.9. The summed E-state index contributed by atoms with van der Waals surface area (Å²) in [5, 5.41) is 0. The number of alkyl halides is 3. The van der Waals surface area contributed by atoms with Gasteiger partial charge in [-0.15, -0.1) is 0 Å². The molecule has 0 amide bonds. The lowest BCUT2D eigenvalue weighted by Gasteiger charge is -2.09. The first-order chi connectivity index (χ1) is 10.9. The molecule has 3 aromatic rings. The molecule has 3 rings (SSSR count). The lowest BCUT2D eigenvalue weighted by Crippen LogP contribution is -2.04. The van der Waals surface area contributed by atoms with Crippen LogP contribution in [0.1, 0.15) is 5.56 Å². The highest BCUT2D eigenvalue weighted by Gasteiger charge is 2.30. The SMILES string of the molecule is Nc1ccc(-c2cncc(-c3cccc(C(F)(F)F)c3)n2)cc1. The molecule has 116 valence electrons. The first kappa shape index (κ1) is 15.0.